The molecule has 8 heteroatoms. The smallest absolute Gasteiger partial charge is 0.337 e. The number of ether oxygens (including phenoxy) is 2. The number of carbonyl (C=O) groups excluding carboxylic acids is 1. The molecule has 0 saturated heterocycles. The van der Waals surface area contributed by atoms with E-state index in [0.717, 1.165) is 5.56 Å². The summed E-state index contributed by atoms with van der Waals surface area (Å²) in [6, 6.07) is 10.6. The monoisotopic (exact) mass is 382 g/mol. The third-order valence-corrected chi connectivity index (χ3v) is 4.55. The fourth-order valence-corrected chi connectivity index (χ4v) is 3.10. The predicted molar refractivity (Wildman–Crippen MR) is 103 cm³/mol. The fourth-order valence-electron chi connectivity index (χ4n) is 3.10. The Bertz CT molecular complexity index is 1150. The van der Waals surface area contributed by atoms with Crippen LogP contribution in [0.5, 0.6) is 5.75 Å². The van der Waals surface area contributed by atoms with Gasteiger partial charge in [-0.1, -0.05) is 6.07 Å². The van der Waals surface area contributed by atoms with Gasteiger partial charge < -0.3 is 14.0 Å². The molecular formula is C20H18N2O6. The molecule has 0 aliphatic heterocycles. The Morgan fingerprint density at radius 2 is 1.89 bits per heavy atom. The minimum atomic E-state index is -0.498. The summed E-state index contributed by atoms with van der Waals surface area (Å²) in [4.78, 5) is 34.7. The van der Waals surface area contributed by atoms with E-state index in [0.29, 0.717) is 34.5 Å². The molecule has 0 bridgehead atoms. The number of fused-ring (bicyclic) bond motifs is 1. The lowest BCUT2D eigenvalue weighted by molar-refractivity contribution is -0.384. The number of nitro groups is 1. The molecule has 0 radical (unpaired) electrons. The van der Waals surface area contributed by atoms with Crippen LogP contribution in [0.25, 0.3) is 10.9 Å². The van der Waals surface area contributed by atoms with Crippen LogP contribution in [0.4, 0.5) is 5.69 Å². The number of esters is 1. The zero-order chi connectivity index (χ0) is 20.4. The third-order valence-electron chi connectivity index (χ3n) is 4.55. The molecule has 3 aromatic rings. The summed E-state index contributed by atoms with van der Waals surface area (Å²) in [6.45, 7) is 2.06. The number of rotatable bonds is 5. The fraction of sp³-hybridized carbons (Fsp3) is 0.200. The van der Waals surface area contributed by atoms with Gasteiger partial charge in [-0.15, -0.1) is 0 Å². The van der Waals surface area contributed by atoms with Crippen LogP contribution in [-0.2, 0) is 11.3 Å². The number of non-ortho nitro benzene ring substituents is 1. The highest BCUT2D eigenvalue weighted by Crippen LogP contribution is 2.25. The van der Waals surface area contributed by atoms with E-state index >= 15 is 0 Å². The maximum Gasteiger partial charge on any atom is 0.337 e. The topological polar surface area (TPSA) is 101 Å². The number of hydrogen-bond donors (Lipinski definition) is 0. The van der Waals surface area contributed by atoms with Gasteiger partial charge in [0.2, 0.25) is 0 Å². The van der Waals surface area contributed by atoms with E-state index in [1.807, 2.05) is 0 Å². The van der Waals surface area contributed by atoms with Gasteiger partial charge in [0.05, 0.1) is 36.8 Å². The molecule has 0 saturated carbocycles. The van der Waals surface area contributed by atoms with E-state index in [9.17, 15) is 19.7 Å². The van der Waals surface area contributed by atoms with Crippen molar-refractivity contribution in [2.75, 3.05) is 14.2 Å². The molecule has 0 aliphatic carbocycles. The molecule has 0 fully saturated rings. The van der Waals surface area contributed by atoms with Crippen molar-refractivity contribution in [2.24, 2.45) is 0 Å². The Hall–Kier alpha value is -3.68. The predicted octanol–water partition coefficient (Wildman–Crippen LogP) is 3.06. The Labute approximate surface area is 160 Å². The second-order valence-electron chi connectivity index (χ2n) is 6.21. The van der Waals surface area contributed by atoms with Crippen LogP contribution >= 0.6 is 0 Å². The van der Waals surface area contributed by atoms with Crippen LogP contribution in [0, 0.1) is 17.0 Å². The first-order valence-electron chi connectivity index (χ1n) is 8.39. The molecule has 1 aromatic heterocycles. The van der Waals surface area contributed by atoms with Crippen molar-refractivity contribution in [3.05, 3.63) is 79.6 Å². The molecule has 0 N–H and O–H groups in total. The molecule has 0 unspecified atom stereocenters. The van der Waals surface area contributed by atoms with Crippen LogP contribution in [0.15, 0.2) is 47.3 Å². The summed E-state index contributed by atoms with van der Waals surface area (Å²) in [5.74, 6) is -0.00922. The Balaban J connectivity index is 2.16. The minimum Gasteiger partial charge on any atom is -0.496 e. The molecular weight excluding hydrogens is 364 g/mol. The van der Waals surface area contributed by atoms with E-state index < -0.39 is 10.9 Å². The zero-order valence-electron chi connectivity index (χ0n) is 15.6. The quantitative estimate of drug-likeness (QED) is 0.382. The van der Waals surface area contributed by atoms with E-state index in [1.165, 1.54) is 38.5 Å². The first-order chi connectivity index (χ1) is 13.3. The number of carbonyl (C=O) groups is 1. The van der Waals surface area contributed by atoms with Gasteiger partial charge in [-0.3, -0.25) is 14.9 Å². The largest absolute Gasteiger partial charge is 0.496 e. The maximum absolute atomic E-state index is 12.3. The second kappa shape index (κ2) is 7.51. The van der Waals surface area contributed by atoms with Crippen molar-refractivity contribution in [3.63, 3.8) is 0 Å². The Morgan fingerprint density at radius 1 is 1.14 bits per heavy atom. The van der Waals surface area contributed by atoms with Crippen molar-refractivity contribution in [1.82, 2.24) is 4.57 Å². The number of nitrogens with zero attached hydrogens (tertiary/aromatic N) is 2. The normalized spacial score (nSPS) is 10.7. The number of nitro benzene ring substituents is 1. The highest BCUT2D eigenvalue weighted by atomic mass is 16.6. The molecule has 0 amide bonds. The molecule has 3 rings (SSSR count). The zero-order valence-corrected chi connectivity index (χ0v) is 15.6. The number of benzene rings is 2. The van der Waals surface area contributed by atoms with Crippen molar-refractivity contribution in [3.8, 4) is 5.75 Å². The van der Waals surface area contributed by atoms with Crippen molar-refractivity contribution in [2.45, 2.75) is 13.5 Å². The number of aromatic nitrogens is 1. The molecule has 28 heavy (non-hydrogen) atoms. The molecule has 0 aliphatic rings. The van der Waals surface area contributed by atoms with E-state index in [4.69, 9.17) is 9.47 Å². The summed E-state index contributed by atoms with van der Waals surface area (Å²) < 4.78 is 11.9. The van der Waals surface area contributed by atoms with Crippen LogP contribution in [0.2, 0.25) is 0 Å². The van der Waals surface area contributed by atoms with Gasteiger partial charge in [0.1, 0.15) is 5.75 Å². The highest BCUT2D eigenvalue weighted by Gasteiger charge is 2.15. The SMILES string of the molecule is COC(=O)c1ccc(Cn2c(C)cc(=O)c3ccc([N+](=O)[O-])cc32)c(OC)c1. The maximum atomic E-state index is 12.3. The average Bonchev–Trinajstić information content (AvgIpc) is 2.69. The lowest BCUT2D eigenvalue weighted by Crippen LogP contribution is -2.14. The van der Waals surface area contributed by atoms with Gasteiger partial charge in [-0.2, -0.15) is 0 Å². The molecule has 0 atom stereocenters. The van der Waals surface area contributed by atoms with E-state index in [1.54, 1.807) is 29.7 Å². The van der Waals surface area contributed by atoms with E-state index in [-0.39, 0.29) is 11.1 Å². The van der Waals surface area contributed by atoms with Crippen molar-refractivity contribution < 1.29 is 19.2 Å². The van der Waals surface area contributed by atoms with Crippen LogP contribution in [0.3, 0.4) is 0 Å². The van der Waals surface area contributed by atoms with Gasteiger partial charge in [-0.25, -0.2) is 4.79 Å². The minimum absolute atomic E-state index is 0.0979. The van der Waals surface area contributed by atoms with Crippen LogP contribution < -0.4 is 10.2 Å². The summed E-state index contributed by atoms with van der Waals surface area (Å²) in [5, 5.41) is 11.6. The van der Waals surface area contributed by atoms with Gasteiger partial charge in [0.25, 0.3) is 5.69 Å². The molecule has 8 nitrogen and oxygen atoms in total. The number of aryl methyl sites for hydroxylation is 1. The first kappa shape index (κ1) is 19.1. The summed E-state index contributed by atoms with van der Waals surface area (Å²) in [7, 11) is 2.78. The van der Waals surface area contributed by atoms with Crippen LogP contribution in [-0.4, -0.2) is 29.7 Å². The van der Waals surface area contributed by atoms with Gasteiger partial charge in [0.15, 0.2) is 5.43 Å². The number of pyridine rings is 1. The lowest BCUT2D eigenvalue weighted by Gasteiger charge is -2.17. The number of methoxy groups -OCH3 is 2. The van der Waals surface area contributed by atoms with Gasteiger partial charge in [-0.05, 0) is 25.1 Å². The van der Waals surface area contributed by atoms with Gasteiger partial charge in [0, 0.05) is 34.8 Å². The lowest BCUT2D eigenvalue weighted by atomic mass is 10.1. The first-order valence-corrected chi connectivity index (χ1v) is 8.39. The summed E-state index contributed by atoms with van der Waals surface area (Å²) in [6.07, 6.45) is 0. The third kappa shape index (κ3) is 3.44. The second-order valence-corrected chi connectivity index (χ2v) is 6.21. The molecule has 2 aromatic carbocycles. The van der Waals surface area contributed by atoms with Crippen LogP contribution in [0.1, 0.15) is 21.6 Å². The summed E-state index contributed by atoms with van der Waals surface area (Å²) in [5.41, 5.74) is 1.90. The summed E-state index contributed by atoms with van der Waals surface area (Å²) >= 11 is 0. The average molecular weight is 382 g/mol. The molecule has 144 valence electrons. The standard InChI is InChI=1S/C20H18N2O6/c1-12-8-18(23)16-7-6-15(22(25)26)10-17(16)21(12)11-14-5-4-13(20(24)28-3)9-19(14)27-2/h4-10H,11H2,1-3H3. The number of hydrogen-bond acceptors (Lipinski definition) is 6. The van der Waals surface area contributed by atoms with E-state index in [2.05, 4.69) is 0 Å². The Morgan fingerprint density at radius 3 is 2.54 bits per heavy atom. The van der Waals surface area contributed by atoms with Gasteiger partial charge >= 0.3 is 5.97 Å². The Kier molecular flexibility index (Phi) is 5.12. The highest BCUT2D eigenvalue weighted by molar-refractivity contribution is 5.90. The van der Waals surface area contributed by atoms with Crippen molar-refractivity contribution >= 4 is 22.6 Å². The molecule has 0 spiro atoms. The van der Waals surface area contributed by atoms with Crippen molar-refractivity contribution in [1.29, 1.82) is 0 Å². The molecule has 1 heterocycles.